The Labute approximate surface area is 105 Å². The summed E-state index contributed by atoms with van der Waals surface area (Å²) in [6, 6.07) is 4.46. The van der Waals surface area contributed by atoms with Gasteiger partial charge in [-0.25, -0.2) is 0 Å². The van der Waals surface area contributed by atoms with E-state index in [1.54, 1.807) is 0 Å². The SMILES string of the molecule is CCCNC(Cc1cccnc1)C(C)OCC. The Balaban J connectivity index is 2.56. The third-order valence-electron chi connectivity index (χ3n) is 2.83. The van der Waals surface area contributed by atoms with Crippen LogP contribution in [-0.2, 0) is 11.2 Å². The lowest BCUT2D eigenvalue weighted by Gasteiger charge is -2.25. The van der Waals surface area contributed by atoms with Crippen molar-refractivity contribution in [3.63, 3.8) is 0 Å². The average molecular weight is 236 g/mol. The molecule has 0 aliphatic rings. The van der Waals surface area contributed by atoms with Crippen LogP contribution in [0.15, 0.2) is 24.5 Å². The summed E-state index contributed by atoms with van der Waals surface area (Å²) in [6.45, 7) is 8.14. The molecule has 3 nitrogen and oxygen atoms in total. The smallest absolute Gasteiger partial charge is 0.0703 e. The fraction of sp³-hybridized carbons (Fsp3) is 0.643. The van der Waals surface area contributed by atoms with Crippen LogP contribution in [0.2, 0.25) is 0 Å². The van der Waals surface area contributed by atoms with Crippen molar-refractivity contribution in [2.45, 2.75) is 45.8 Å². The fourth-order valence-electron chi connectivity index (χ4n) is 1.89. The number of aromatic nitrogens is 1. The molecule has 0 fully saturated rings. The van der Waals surface area contributed by atoms with Crippen molar-refractivity contribution in [2.75, 3.05) is 13.2 Å². The number of hydrogen-bond donors (Lipinski definition) is 1. The molecule has 0 saturated heterocycles. The molecule has 0 bridgehead atoms. The molecule has 1 N–H and O–H groups in total. The lowest BCUT2D eigenvalue weighted by atomic mass is 10.0. The highest BCUT2D eigenvalue weighted by Gasteiger charge is 2.17. The van der Waals surface area contributed by atoms with Gasteiger partial charge in [-0.05, 0) is 44.9 Å². The molecule has 1 heterocycles. The van der Waals surface area contributed by atoms with E-state index in [1.807, 2.05) is 25.4 Å². The Morgan fingerprint density at radius 2 is 2.24 bits per heavy atom. The molecule has 0 aliphatic carbocycles. The molecule has 1 aromatic rings. The molecule has 3 heteroatoms. The van der Waals surface area contributed by atoms with Crippen LogP contribution in [0, 0.1) is 0 Å². The maximum atomic E-state index is 5.69. The van der Waals surface area contributed by atoms with Gasteiger partial charge in [-0.3, -0.25) is 4.98 Å². The van der Waals surface area contributed by atoms with Crippen molar-refractivity contribution in [3.8, 4) is 0 Å². The van der Waals surface area contributed by atoms with E-state index in [0.717, 1.165) is 26.0 Å². The lowest BCUT2D eigenvalue weighted by molar-refractivity contribution is 0.0476. The van der Waals surface area contributed by atoms with Crippen LogP contribution in [0.1, 0.15) is 32.8 Å². The minimum atomic E-state index is 0.228. The highest BCUT2D eigenvalue weighted by Crippen LogP contribution is 2.07. The average Bonchev–Trinajstić information content (AvgIpc) is 2.36. The number of nitrogens with one attached hydrogen (secondary N) is 1. The number of pyridine rings is 1. The van der Waals surface area contributed by atoms with Crippen molar-refractivity contribution >= 4 is 0 Å². The summed E-state index contributed by atoms with van der Waals surface area (Å²) in [7, 11) is 0. The van der Waals surface area contributed by atoms with Gasteiger partial charge in [-0.1, -0.05) is 13.0 Å². The zero-order valence-corrected chi connectivity index (χ0v) is 11.1. The highest BCUT2D eigenvalue weighted by atomic mass is 16.5. The lowest BCUT2D eigenvalue weighted by Crippen LogP contribution is -2.42. The molecule has 0 aliphatic heterocycles. The molecular formula is C14H24N2O. The Morgan fingerprint density at radius 3 is 2.82 bits per heavy atom. The molecule has 2 unspecified atom stereocenters. The normalized spacial score (nSPS) is 14.5. The maximum Gasteiger partial charge on any atom is 0.0703 e. The van der Waals surface area contributed by atoms with E-state index in [9.17, 15) is 0 Å². The summed E-state index contributed by atoms with van der Waals surface area (Å²) in [5.41, 5.74) is 1.26. The second kappa shape index (κ2) is 8.20. The summed E-state index contributed by atoms with van der Waals surface area (Å²) in [4.78, 5) is 4.15. The monoisotopic (exact) mass is 236 g/mol. The molecule has 96 valence electrons. The van der Waals surface area contributed by atoms with Gasteiger partial charge in [0.2, 0.25) is 0 Å². The van der Waals surface area contributed by atoms with Crippen molar-refractivity contribution in [3.05, 3.63) is 30.1 Å². The molecule has 1 rings (SSSR count). The van der Waals surface area contributed by atoms with Gasteiger partial charge in [0.05, 0.1) is 6.10 Å². The van der Waals surface area contributed by atoms with E-state index in [0.29, 0.717) is 6.04 Å². The zero-order valence-electron chi connectivity index (χ0n) is 11.1. The Morgan fingerprint density at radius 1 is 1.41 bits per heavy atom. The number of hydrogen-bond acceptors (Lipinski definition) is 3. The van der Waals surface area contributed by atoms with Gasteiger partial charge in [-0.15, -0.1) is 0 Å². The molecule has 0 amide bonds. The van der Waals surface area contributed by atoms with Crippen molar-refractivity contribution in [1.29, 1.82) is 0 Å². The predicted molar refractivity (Wildman–Crippen MR) is 71.1 cm³/mol. The Kier molecular flexibility index (Phi) is 6.82. The van der Waals surface area contributed by atoms with Gasteiger partial charge in [-0.2, -0.15) is 0 Å². The second-order valence-electron chi connectivity index (χ2n) is 4.29. The quantitative estimate of drug-likeness (QED) is 0.752. The molecule has 17 heavy (non-hydrogen) atoms. The summed E-state index contributed by atoms with van der Waals surface area (Å²) in [5.74, 6) is 0. The molecule has 0 aromatic carbocycles. The van der Waals surface area contributed by atoms with Crippen LogP contribution < -0.4 is 5.32 Å². The first kappa shape index (κ1) is 14.1. The van der Waals surface area contributed by atoms with Gasteiger partial charge >= 0.3 is 0 Å². The highest BCUT2D eigenvalue weighted by molar-refractivity contribution is 5.10. The third kappa shape index (κ3) is 5.29. The Bertz CT molecular complexity index is 290. The van der Waals surface area contributed by atoms with Crippen molar-refractivity contribution in [1.82, 2.24) is 10.3 Å². The minimum absolute atomic E-state index is 0.228. The molecule has 1 aromatic heterocycles. The summed E-state index contributed by atoms with van der Waals surface area (Å²) in [5, 5.41) is 3.55. The predicted octanol–water partition coefficient (Wildman–Crippen LogP) is 2.42. The van der Waals surface area contributed by atoms with Crippen LogP contribution >= 0.6 is 0 Å². The minimum Gasteiger partial charge on any atom is -0.377 e. The first-order chi connectivity index (χ1) is 8.27. The van der Waals surface area contributed by atoms with Crippen LogP contribution in [0.5, 0.6) is 0 Å². The second-order valence-corrected chi connectivity index (χ2v) is 4.29. The van der Waals surface area contributed by atoms with Crippen molar-refractivity contribution < 1.29 is 4.74 Å². The fourth-order valence-corrected chi connectivity index (χ4v) is 1.89. The van der Waals surface area contributed by atoms with E-state index in [1.165, 1.54) is 5.56 Å². The maximum absolute atomic E-state index is 5.69. The molecular weight excluding hydrogens is 212 g/mol. The van der Waals surface area contributed by atoms with Crippen LogP contribution in [0.3, 0.4) is 0 Å². The van der Waals surface area contributed by atoms with Crippen LogP contribution in [0.25, 0.3) is 0 Å². The number of rotatable bonds is 8. The van der Waals surface area contributed by atoms with E-state index in [2.05, 4.69) is 30.2 Å². The zero-order chi connectivity index (χ0) is 12.5. The molecule has 2 atom stereocenters. The summed E-state index contributed by atoms with van der Waals surface area (Å²) < 4.78 is 5.69. The van der Waals surface area contributed by atoms with E-state index < -0.39 is 0 Å². The largest absolute Gasteiger partial charge is 0.377 e. The third-order valence-corrected chi connectivity index (χ3v) is 2.83. The van der Waals surface area contributed by atoms with Gasteiger partial charge < -0.3 is 10.1 Å². The standard InChI is InChI=1S/C14H24N2O/c1-4-8-16-14(12(3)17-5-2)10-13-7-6-9-15-11-13/h6-7,9,11-12,14,16H,4-5,8,10H2,1-3H3. The summed E-state index contributed by atoms with van der Waals surface area (Å²) >= 11 is 0. The van der Waals surface area contributed by atoms with E-state index in [-0.39, 0.29) is 6.10 Å². The number of nitrogens with zero attached hydrogens (tertiary/aromatic N) is 1. The van der Waals surface area contributed by atoms with Gasteiger partial charge in [0.25, 0.3) is 0 Å². The molecule has 0 radical (unpaired) electrons. The van der Waals surface area contributed by atoms with E-state index in [4.69, 9.17) is 4.74 Å². The van der Waals surface area contributed by atoms with E-state index >= 15 is 0 Å². The first-order valence-corrected chi connectivity index (χ1v) is 6.51. The van der Waals surface area contributed by atoms with Crippen LogP contribution in [-0.4, -0.2) is 30.3 Å². The van der Waals surface area contributed by atoms with Crippen molar-refractivity contribution in [2.24, 2.45) is 0 Å². The molecule has 0 spiro atoms. The topological polar surface area (TPSA) is 34.2 Å². The first-order valence-electron chi connectivity index (χ1n) is 6.51. The van der Waals surface area contributed by atoms with Gasteiger partial charge in [0, 0.05) is 25.0 Å². The van der Waals surface area contributed by atoms with Gasteiger partial charge in [0.1, 0.15) is 0 Å². The Hall–Kier alpha value is -0.930. The molecule has 0 saturated carbocycles. The van der Waals surface area contributed by atoms with Gasteiger partial charge in [0.15, 0.2) is 0 Å². The number of ether oxygens (including phenoxy) is 1. The summed E-state index contributed by atoms with van der Waals surface area (Å²) in [6.07, 6.45) is 6.08. The van der Waals surface area contributed by atoms with Crippen LogP contribution in [0.4, 0.5) is 0 Å².